The quantitative estimate of drug-likeness (QED) is 0.576. The Morgan fingerprint density at radius 3 is 2.60 bits per heavy atom. The van der Waals surface area contributed by atoms with Gasteiger partial charge >= 0.3 is 0 Å². The normalized spacial score (nSPS) is 26.1. The smallest absolute Gasteiger partial charge is 0.255 e. The number of nitrogens with zero attached hydrogens (tertiary/aromatic N) is 2. The van der Waals surface area contributed by atoms with E-state index in [4.69, 9.17) is 0 Å². The molecule has 1 unspecified atom stereocenters. The van der Waals surface area contributed by atoms with Crippen LogP contribution in [0.5, 0.6) is 0 Å². The first-order valence-corrected chi connectivity index (χ1v) is 10.5. The van der Waals surface area contributed by atoms with E-state index in [0.717, 1.165) is 37.1 Å². The van der Waals surface area contributed by atoms with Crippen molar-refractivity contribution in [2.75, 3.05) is 19.6 Å². The highest BCUT2D eigenvalue weighted by Gasteiger charge is 2.45. The second kappa shape index (κ2) is 7.17. The summed E-state index contributed by atoms with van der Waals surface area (Å²) in [6.07, 6.45) is 2.31. The Bertz CT molecular complexity index is 939. The predicted molar refractivity (Wildman–Crippen MR) is 106 cm³/mol. The number of amides is 4. The van der Waals surface area contributed by atoms with Gasteiger partial charge < -0.3 is 15.5 Å². The number of fused-ring (bicyclic) bond motifs is 1. The van der Waals surface area contributed by atoms with Crippen LogP contribution in [0.4, 0.5) is 0 Å². The van der Waals surface area contributed by atoms with Crippen LogP contribution in [0.3, 0.4) is 0 Å². The van der Waals surface area contributed by atoms with Crippen LogP contribution < -0.4 is 16.0 Å². The number of hydrogen-bond acceptors (Lipinski definition) is 6. The molecule has 9 nitrogen and oxygen atoms in total. The highest BCUT2D eigenvalue weighted by atomic mass is 16.2. The van der Waals surface area contributed by atoms with E-state index in [1.165, 1.54) is 0 Å². The molecule has 158 valence electrons. The molecule has 1 aromatic carbocycles. The van der Waals surface area contributed by atoms with Gasteiger partial charge in [-0.3, -0.25) is 29.4 Å². The number of benzene rings is 1. The molecular formula is C21H25N5O4. The Balaban J connectivity index is 1.34. The third kappa shape index (κ3) is 3.18. The van der Waals surface area contributed by atoms with Gasteiger partial charge in [0.1, 0.15) is 6.04 Å². The summed E-state index contributed by atoms with van der Waals surface area (Å²) in [6, 6.07) is 5.22. The minimum atomic E-state index is -0.607. The molecule has 4 amide bonds. The summed E-state index contributed by atoms with van der Waals surface area (Å²) < 4.78 is 0. The molecule has 0 saturated carbocycles. The number of rotatable bonds is 3. The van der Waals surface area contributed by atoms with E-state index in [1.807, 2.05) is 18.2 Å². The van der Waals surface area contributed by atoms with E-state index >= 15 is 0 Å². The molecule has 3 N–H and O–H groups in total. The third-order valence-corrected chi connectivity index (χ3v) is 6.71. The van der Waals surface area contributed by atoms with Gasteiger partial charge in [-0.15, -0.1) is 0 Å². The summed E-state index contributed by atoms with van der Waals surface area (Å²) in [4.78, 5) is 52.5. The van der Waals surface area contributed by atoms with Crippen LogP contribution in [0.15, 0.2) is 18.2 Å². The molecular weight excluding hydrogens is 386 g/mol. The Morgan fingerprint density at radius 1 is 1.03 bits per heavy atom. The fraction of sp³-hybridized carbons (Fsp3) is 0.524. The molecule has 0 aliphatic carbocycles. The molecule has 5 rings (SSSR count). The fourth-order valence-corrected chi connectivity index (χ4v) is 5.11. The van der Waals surface area contributed by atoms with Crippen LogP contribution >= 0.6 is 0 Å². The fourth-order valence-electron chi connectivity index (χ4n) is 5.11. The standard InChI is InChI=1S/C21H25N5O4/c27-17-4-3-16(19(29)23-17)26-11-14-2-1-13(9-15(14)20(26)30)10-25-12-18(28)24-21(25)5-7-22-8-6-21/h1-2,9,16,22H,3-8,10-12H2,(H,24,28)(H,23,27,29). The zero-order valence-electron chi connectivity index (χ0n) is 16.7. The number of hydrogen-bond donors (Lipinski definition) is 3. The molecule has 1 spiro atoms. The SMILES string of the molecule is O=C1CCC(N2Cc3ccc(CN4CC(=O)NC45CCNCC5)cc3C2=O)C(=O)N1. The molecule has 3 saturated heterocycles. The van der Waals surface area contributed by atoms with E-state index in [1.54, 1.807) is 4.90 Å². The lowest BCUT2D eigenvalue weighted by Crippen LogP contribution is -2.57. The maximum atomic E-state index is 13.0. The molecule has 0 aromatic heterocycles. The maximum Gasteiger partial charge on any atom is 0.255 e. The van der Waals surface area contributed by atoms with Crippen molar-refractivity contribution in [1.29, 1.82) is 0 Å². The van der Waals surface area contributed by atoms with E-state index in [-0.39, 0.29) is 29.8 Å². The average molecular weight is 411 g/mol. The monoisotopic (exact) mass is 411 g/mol. The van der Waals surface area contributed by atoms with Crippen molar-refractivity contribution in [1.82, 2.24) is 25.8 Å². The van der Waals surface area contributed by atoms with Crippen LogP contribution in [0.1, 0.15) is 47.2 Å². The first kappa shape index (κ1) is 19.2. The minimum Gasteiger partial charge on any atom is -0.337 e. The second-order valence-corrected chi connectivity index (χ2v) is 8.58. The van der Waals surface area contributed by atoms with Crippen LogP contribution in [0.2, 0.25) is 0 Å². The summed E-state index contributed by atoms with van der Waals surface area (Å²) in [6.45, 7) is 3.03. The predicted octanol–water partition coefficient (Wildman–Crippen LogP) is -0.541. The van der Waals surface area contributed by atoms with Crippen molar-refractivity contribution in [2.45, 2.75) is 50.5 Å². The van der Waals surface area contributed by atoms with Gasteiger partial charge in [-0.25, -0.2) is 0 Å². The summed E-state index contributed by atoms with van der Waals surface area (Å²) in [5, 5.41) is 8.82. The molecule has 30 heavy (non-hydrogen) atoms. The molecule has 4 aliphatic rings. The lowest BCUT2D eigenvalue weighted by Gasteiger charge is -2.41. The Kier molecular flexibility index (Phi) is 4.59. The van der Waals surface area contributed by atoms with Crippen molar-refractivity contribution in [3.63, 3.8) is 0 Å². The van der Waals surface area contributed by atoms with Gasteiger partial charge in [-0.2, -0.15) is 0 Å². The summed E-state index contributed by atoms with van der Waals surface area (Å²) in [7, 11) is 0. The van der Waals surface area contributed by atoms with Gasteiger partial charge in [0.25, 0.3) is 5.91 Å². The van der Waals surface area contributed by atoms with Crippen molar-refractivity contribution in [2.24, 2.45) is 0 Å². The second-order valence-electron chi connectivity index (χ2n) is 8.58. The van der Waals surface area contributed by atoms with Gasteiger partial charge in [0, 0.05) is 25.1 Å². The van der Waals surface area contributed by atoms with Gasteiger partial charge in [-0.1, -0.05) is 12.1 Å². The maximum absolute atomic E-state index is 13.0. The molecule has 1 atom stereocenters. The highest BCUT2D eigenvalue weighted by Crippen LogP contribution is 2.32. The number of piperidine rings is 2. The summed E-state index contributed by atoms with van der Waals surface area (Å²) in [5.41, 5.74) is 2.15. The highest BCUT2D eigenvalue weighted by molar-refractivity contribution is 6.05. The van der Waals surface area contributed by atoms with Gasteiger partial charge in [0.2, 0.25) is 17.7 Å². The van der Waals surface area contributed by atoms with Crippen LogP contribution in [-0.2, 0) is 27.5 Å². The zero-order chi connectivity index (χ0) is 20.9. The number of carbonyl (C=O) groups is 4. The molecule has 0 radical (unpaired) electrons. The first-order valence-electron chi connectivity index (χ1n) is 10.5. The van der Waals surface area contributed by atoms with Crippen LogP contribution in [-0.4, -0.2) is 64.8 Å². The van der Waals surface area contributed by atoms with E-state index < -0.39 is 11.9 Å². The lowest BCUT2D eigenvalue weighted by molar-refractivity contribution is -0.137. The van der Waals surface area contributed by atoms with Gasteiger partial charge in [0.15, 0.2) is 0 Å². The number of nitrogens with one attached hydrogen (secondary N) is 3. The average Bonchev–Trinajstić information content (AvgIpc) is 3.19. The number of carbonyl (C=O) groups excluding carboxylic acids is 4. The van der Waals surface area contributed by atoms with Gasteiger partial charge in [-0.05, 0) is 49.5 Å². The summed E-state index contributed by atoms with van der Waals surface area (Å²) >= 11 is 0. The van der Waals surface area contributed by atoms with Crippen molar-refractivity contribution >= 4 is 23.6 Å². The largest absolute Gasteiger partial charge is 0.337 e. The third-order valence-electron chi connectivity index (χ3n) is 6.71. The first-order chi connectivity index (χ1) is 14.4. The molecule has 1 aromatic rings. The van der Waals surface area contributed by atoms with Crippen molar-refractivity contribution in [3.8, 4) is 0 Å². The van der Waals surface area contributed by atoms with E-state index in [2.05, 4.69) is 20.9 Å². The van der Waals surface area contributed by atoms with Gasteiger partial charge in [0.05, 0.1) is 12.2 Å². The molecule has 9 heteroatoms. The zero-order valence-corrected chi connectivity index (χ0v) is 16.7. The Hall–Kier alpha value is -2.78. The lowest BCUT2D eigenvalue weighted by atomic mass is 9.96. The van der Waals surface area contributed by atoms with Crippen LogP contribution in [0.25, 0.3) is 0 Å². The summed E-state index contributed by atoms with van der Waals surface area (Å²) in [5.74, 6) is -0.822. The number of imide groups is 1. The Labute approximate surface area is 174 Å². The molecule has 4 aliphatic heterocycles. The van der Waals surface area contributed by atoms with Crippen LogP contribution in [0, 0.1) is 0 Å². The molecule has 4 heterocycles. The van der Waals surface area contributed by atoms with E-state index in [9.17, 15) is 19.2 Å². The molecule has 0 bridgehead atoms. The van der Waals surface area contributed by atoms with Crippen molar-refractivity contribution in [3.05, 3.63) is 34.9 Å². The van der Waals surface area contributed by atoms with Crippen molar-refractivity contribution < 1.29 is 19.2 Å². The topological polar surface area (TPSA) is 111 Å². The molecule has 3 fully saturated rings. The van der Waals surface area contributed by atoms with E-state index in [0.29, 0.717) is 31.6 Å². The Morgan fingerprint density at radius 2 is 1.83 bits per heavy atom. The minimum absolute atomic E-state index is 0.0400.